The lowest BCUT2D eigenvalue weighted by molar-refractivity contribution is -0.138. The van der Waals surface area contributed by atoms with Crippen LogP contribution >= 0.6 is 0 Å². The Morgan fingerprint density at radius 3 is 2.33 bits per heavy atom. The van der Waals surface area contributed by atoms with Crippen LogP contribution in [0, 0.1) is 17.2 Å². The van der Waals surface area contributed by atoms with Crippen LogP contribution in [0.5, 0.6) is 0 Å². The van der Waals surface area contributed by atoms with Crippen molar-refractivity contribution in [2.24, 2.45) is 17.1 Å². The van der Waals surface area contributed by atoms with E-state index in [2.05, 4.69) is 0 Å². The highest BCUT2D eigenvalue weighted by Crippen LogP contribution is 2.65. The van der Waals surface area contributed by atoms with Gasteiger partial charge in [0.25, 0.3) is 0 Å². The molecule has 0 aliphatic heterocycles. The second-order valence-corrected chi connectivity index (χ2v) is 5.37. The lowest BCUT2D eigenvalue weighted by atomic mass is 9.97. The maximum atomic E-state index is 13.2. The monoisotopic (exact) mass is 261 g/mol. The van der Waals surface area contributed by atoms with E-state index in [1.165, 1.54) is 0 Å². The molecule has 0 radical (unpaired) electrons. The number of alkyl halides is 3. The second-order valence-electron chi connectivity index (χ2n) is 5.37. The van der Waals surface area contributed by atoms with Crippen LogP contribution in [0.2, 0.25) is 0 Å². The van der Waals surface area contributed by atoms with E-state index in [4.69, 9.17) is 5.73 Å². The first kappa shape index (κ1) is 13.3. The zero-order valence-corrected chi connectivity index (χ0v) is 10.2. The average Bonchev–Trinajstić information content (AvgIpc) is 2.78. The van der Waals surface area contributed by atoms with Crippen molar-refractivity contribution in [2.45, 2.75) is 25.9 Å². The number of benzene rings is 1. The lowest BCUT2D eigenvalue weighted by Crippen LogP contribution is -2.10. The van der Waals surface area contributed by atoms with Crippen molar-refractivity contribution in [3.8, 4) is 0 Å². The molecule has 18 heavy (non-hydrogen) atoms. The van der Waals surface area contributed by atoms with E-state index in [-0.39, 0.29) is 22.8 Å². The maximum Gasteiger partial charge on any atom is 0.416 e. The summed E-state index contributed by atoms with van der Waals surface area (Å²) in [6.45, 7) is 4.03. The maximum absolute atomic E-state index is 13.2. The van der Waals surface area contributed by atoms with Gasteiger partial charge in [-0.25, -0.2) is 4.39 Å². The molecule has 2 unspecified atom stereocenters. The van der Waals surface area contributed by atoms with E-state index < -0.39 is 17.6 Å². The summed E-state index contributed by atoms with van der Waals surface area (Å²) >= 11 is 0. The molecular weight excluding hydrogens is 246 g/mol. The zero-order valence-electron chi connectivity index (χ0n) is 10.2. The molecule has 0 spiro atoms. The van der Waals surface area contributed by atoms with Crippen molar-refractivity contribution in [1.82, 2.24) is 0 Å². The molecule has 2 atom stereocenters. The van der Waals surface area contributed by atoms with Crippen LogP contribution in [-0.4, -0.2) is 6.54 Å². The molecule has 0 heterocycles. The fourth-order valence-electron chi connectivity index (χ4n) is 2.85. The minimum absolute atomic E-state index is 0.0274. The Bertz CT molecular complexity index is 465. The van der Waals surface area contributed by atoms with Crippen LogP contribution in [0.4, 0.5) is 17.6 Å². The summed E-state index contributed by atoms with van der Waals surface area (Å²) in [6, 6.07) is 2.65. The molecule has 0 saturated heterocycles. The van der Waals surface area contributed by atoms with E-state index in [9.17, 15) is 17.6 Å². The van der Waals surface area contributed by atoms with Gasteiger partial charge in [0, 0.05) is 0 Å². The standard InChI is InChI=1S/C13H15F4N/c1-12(2)10(6-18)11(12)8-5-7(14)3-4-9(8)13(15,16)17/h3-5,10-11H,6,18H2,1-2H3. The van der Waals surface area contributed by atoms with Crippen molar-refractivity contribution in [3.63, 3.8) is 0 Å². The first-order valence-electron chi connectivity index (χ1n) is 5.76. The lowest BCUT2D eigenvalue weighted by Gasteiger charge is -2.14. The number of halogens is 4. The van der Waals surface area contributed by atoms with Crippen LogP contribution in [0.3, 0.4) is 0 Å². The quantitative estimate of drug-likeness (QED) is 0.809. The molecule has 1 aliphatic carbocycles. The minimum atomic E-state index is -4.46. The summed E-state index contributed by atoms with van der Waals surface area (Å²) in [7, 11) is 0. The molecule has 5 heteroatoms. The van der Waals surface area contributed by atoms with E-state index in [0.29, 0.717) is 6.54 Å². The van der Waals surface area contributed by atoms with E-state index in [1.54, 1.807) is 0 Å². The molecule has 1 fully saturated rings. The Hall–Kier alpha value is -1.10. The van der Waals surface area contributed by atoms with Gasteiger partial charge in [0.05, 0.1) is 5.56 Å². The van der Waals surface area contributed by atoms with Gasteiger partial charge in [-0.1, -0.05) is 13.8 Å². The van der Waals surface area contributed by atoms with Gasteiger partial charge in [0.15, 0.2) is 0 Å². The highest BCUT2D eigenvalue weighted by molar-refractivity contribution is 5.40. The summed E-state index contributed by atoms with van der Waals surface area (Å²) in [5, 5.41) is 0. The number of hydrogen-bond donors (Lipinski definition) is 1. The molecule has 1 aromatic rings. The normalized spacial score (nSPS) is 26.2. The van der Waals surface area contributed by atoms with E-state index in [1.807, 2.05) is 13.8 Å². The van der Waals surface area contributed by atoms with Gasteiger partial charge in [0.1, 0.15) is 5.82 Å². The fourth-order valence-corrected chi connectivity index (χ4v) is 2.85. The average molecular weight is 261 g/mol. The van der Waals surface area contributed by atoms with Gasteiger partial charge in [0.2, 0.25) is 0 Å². The molecular formula is C13H15F4N. The summed E-state index contributed by atoms with van der Waals surface area (Å²) in [5.74, 6) is -0.994. The second kappa shape index (κ2) is 3.95. The Morgan fingerprint density at radius 1 is 1.28 bits per heavy atom. The van der Waals surface area contributed by atoms with Gasteiger partial charge in [-0.15, -0.1) is 0 Å². The van der Waals surface area contributed by atoms with Gasteiger partial charge < -0.3 is 5.73 Å². The van der Waals surface area contributed by atoms with Gasteiger partial charge in [-0.2, -0.15) is 13.2 Å². The Balaban J connectivity index is 2.48. The molecule has 1 saturated carbocycles. The molecule has 1 aromatic carbocycles. The van der Waals surface area contributed by atoms with Crippen LogP contribution in [0.25, 0.3) is 0 Å². The van der Waals surface area contributed by atoms with E-state index >= 15 is 0 Å². The molecule has 2 N–H and O–H groups in total. The first-order valence-corrected chi connectivity index (χ1v) is 5.76. The summed E-state index contributed by atoms with van der Waals surface area (Å²) < 4.78 is 51.9. The van der Waals surface area contributed by atoms with Crippen molar-refractivity contribution < 1.29 is 17.6 Å². The summed E-state index contributed by atoms with van der Waals surface area (Å²) in [4.78, 5) is 0. The third kappa shape index (κ3) is 2.00. The fraction of sp³-hybridized carbons (Fsp3) is 0.538. The van der Waals surface area contributed by atoms with Gasteiger partial charge in [-0.3, -0.25) is 0 Å². The summed E-state index contributed by atoms with van der Waals surface area (Å²) in [5.41, 5.74) is 4.53. The number of hydrogen-bond acceptors (Lipinski definition) is 1. The van der Waals surface area contributed by atoms with Gasteiger partial charge in [-0.05, 0) is 47.6 Å². The van der Waals surface area contributed by atoms with Crippen LogP contribution in [-0.2, 0) is 6.18 Å². The smallest absolute Gasteiger partial charge is 0.330 e. The Labute approximate surface area is 103 Å². The molecule has 1 nitrogen and oxygen atoms in total. The molecule has 0 bridgehead atoms. The summed E-state index contributed by atoms with van der Waals surface area (Å²) in [6.07, 6.45) is -4.46. The number of rotatable bonds is 2. The van der Waals surface area contributed by atoms with Crippen molar-refractivity contribution in [2.75, 3.05) is 6.54 Å². The van der Waals surface area contributed by atoms with Crippen molar-refractivity contribution >= 4 is 0 Å². The SMILES string of the molecule is CC1(C)C(CN)C1c1cc(F)ccc1C(F)(F)F. The van der Waals surface area contributed by atoms with Crippen molar-refractivity contribution in [1.29, 1.82) is 0 Å². The third-order valence-corrected chi connectivity index (χ3v) is 3.96. The molecule has 1 aliphatic rings. The molecule has 0 aromatic heterocycles. The number of nitrogens with two attached hydrogens (primary N) is 1. The van der Waals surface area contributed by atoms with Crippen LogP contribution in [0.15, 0.2) is 18.2 Å². The van der Waals surface area contributed by atoms with Crippen LogP contribution < -0.4 is 5.73 Å². The van der Waals surface area contributed by atoms with E-state index in [0.717, 1.165) is 18.2 Å². The molecule has 100 valence electrons. The Kier molecular flexibility index (Phi) is 2.93. The molecule has 2 rings (SSSR count). The highest BCUT2D eigenvalue weighted by atomic mass is 19.4. The zero-order chi connectivity index (χ0) is 13.7. The van der Waals surface area contributed by atoms with Crippen molar-refractivity contribution in [3.05, 3.63) is 35.1 Å². The van der Waals surface area contributed by atoms with Gasteiger partial charge >= 0.3 is 6.18 Å². The Morgan fingerprint density at radius 2 is 1.89 bits per heavy atom. The highest BCUT2D eigenvalue weighted by Gasteiger charge is 2.59. The third-order valence-electron chi connectivity index (χ3n) is 3.96. The first-order chi connectivity index (χ1) is 8.19. The largest absolute Gasteiger partial charge is 0.416 e. The van der Waals surface area contributed by atoms with Crippen LogP contribution in [0.1, 0.15) is 30.9 Å². The molecule has 0 amide bonds. The predicted molar refractivity (Wildman–Crippen MR) is 60.5 cm³/mol. The topological polar surface area (TPSA) is 26.0 Å². The minimum Gasteiger partial charge on any atom is -0.330 e. The predicted octanol–water partition coefficient (Wildman–Crippen LogP) is 3.54.